The number of para-hydroxylation sites is 3. The molecule has 0 atom stereocenters. The molecule has 0 saturated heterocycles. The molecule has 0 aliphatic rings. The Kier molecular flexibility index (Phi) is 8.87. The van der Waals surface area contributed by atoms with E-state index in [4.69, 9.17) is 0 Å². The minimum atomic E-state index is 1.08. The molecule has 0 aliphatic carbocycles. The van der Waals surface area contributed by atoms with Crippen LogP contribution in [-0.4, -0.2) is 4.57 Å². The standard InChI is InChI=1S/C58H40N2/c1-4-18-41(19-5-1)48-25-12-13-26-49(48)44-32-35-46(36-33-44)59(45-23-8-3-9-24-45)47-37-39-51(55(40-47)42-20-6-2-7-21-42)52-28-14-16-30-56(52)60-57-31-17-15-29-53(57)54-38-34-43-22-10-11-27-50(43)58(54)60/h1-40H. The van der Waals surface area contributed by atoms with Crippen molar-refractivity contribution in [1.29, 1.82) is 0 Å². The smallest absolute Gasteiger partial charge is 0.0619 e. The third-order valence-electron chi connectivity index (χ3n) is 11.8. The van der Waals surface area contributed by atoms with Crippen LogP contribution in [0.25, 0.3) is 82.8 Å². The maximum Gasteiger partial charge on any atom is 0.0619 e. The molecular weight excluding hydrogens is 725 g/mol. The Labute approximate surface area is 350 Å². The van der Waals surface area contributed by atoms with Crippen molar-refractivity contribution < 1.29 is 0 Å². The highest BCUT2D eigenvalue weighted by Crippen LogP contribution is 2.45. The van der Waals surface area contributed by atoms with Crippen LogP contribution in [0, 0.1) is 0 Å². The zero-order valence-corrected chi connectivity index (χ0v) is 33.0. The Morgan fingerprint density at radius 2 is 0.800 bits per heavy atom. The molecule has 0 fully saturated rings. The second kappa shape index (κ2) is 15.1. The molecule has 10 aromatic carbocycles. The van der Waals surface area contributed by atoms with Gasteiger partial charge in [-0.05, 0) is 92.9 Å². The summed E-state index contributed by atoms with van der Waals surface area (Å²) in [5.41, 5.74) is 16.4. The topological polar surface area (TPSA) is 8.17 Å². The van der Waals surface area contributed by atoms with Gasteiger partial charge in [-0.2, -0.15) is 0 Å². The lowest BCUT2D eigenvalue weighted by Crippen LogP contribution is -2.10. The molecule has 282 valence electrons. The van der Waals surface area contributed by atoms with Gasteiger partial charge in [0.1, 0.15) is 0 Å². The Morgan fingerprint density at radius 1 is 0.283 bits per heavy atom. The van der Waals surface area contributed by atoms with E-state index < -0.39 is 0 Å². The molecule has 2 nitrogen and oxygen atoms in total. The van der Waals surface area contributed by atoms with Gasteiger partial charge in [-0.1, -0.05) is 194 Å². The summed E-state index contributed by atoms with van der Waals surface area (Å²) in [6, 6.07) is 87.8. The molecule has 1 aromatic heterocycles. The summed E-state index contributed by atoms with van der Waals surface area (Å²) >= 11 is 0. The van der Waals surface area contributed by atoms with Gasteiger partial charge in [0.15, 0.2) is 0 Å². The monoisotopic (exact) mass is 764 g/mol. The van der Waals surface area contributed by atoms with Crippen molar-refractivity contribution in [2.45, 2.75) is 0 Å². The molecule has 60 heavy (non-hydrogen) atoms. The minimum absolute atomic E-state index is 1.08. The summed E-state index contributed by atoms with van der Waals surface area (Å²) in [6.45, 7) is 0. The van der Waals surface area contributed by atoms with E-state index in [1.54, 1.807) is 0 Å². The van der Waals surface area contributed by atoms with Crippen LogP contribution >= 0.6 is 0 Å². The summed E-state index contributed by atoms with van der Waals surface area (Å²) in [7, 11) is 0. The van der Waals surface area contributed by atoms with E-state index in [0.29, 0.717) is 0 Å². The lowest BCUT2D eigenvalue weighted by atomic mass is 9.92. The highest BCUT2D eigenvalue weighted by molar-refractivity contribution is 6.19. The zero-order valence-electron chi connectivity index (χ0n) is 33.0. The Morgan fingerprint density at radius 3 is 1.52 bits per heavy atom. The van der Waals surface area contributed by atoms with Gasteiger partial charge >= 0.3 is 0 Å². The largest absolute Gasteiger partial charge is 0.310 e. The van der Waals surface area contributed by atoms with Gasteiger partial charge in [0.25, 0.3) is 0 Å². The molecule has 0 radical (unpaired) electrons. The first-order valence-electron chi connectivity index (χ1n) is 20.6. The van der Waals surface area contributed by atoms with E-state index in [0.717, 1.165) is 28.3 Å². The Bertz CT molecular complexity index is 3290. The number of hydrogen-bond acceptors (Lipinski definition) is 1. The van der Waals surface area contributed by atoms with E-state index in [-0.39, 0.29) is 0 Å². The van der Waals surface area contributed by atoms with Gasteiger partial charge in [-0.15, -0.1) is 0 Å². The van der Waals surface area contributed by atoms with E-state index >= 15 is 0 Å². The Balaban J connectivity index is 1.09. The molecule has 0 aliphatic heterocycles. The summed E-state index contributed by atoms with van der Waals surface area (Å²) in [5.74, 6) is 0. The van der Waals surface area contributed by atoms with Crippen molar-refractivity contribution >= 4 is 49.6 Å². The van der Waals surface area contributed by atoms with Crippen molar-refractivity contribution in [3.05, 3.63) is 243 Å². The van der Waals surface area contributed by atoms with Gasteiger partial charge in [0.05, 0.1) is 16.7 Å². The van der Waals surface area contributed by atoms with Crippen LogP contribution < -0.4 is 4.90 Å². The summed E-state index contributed by atoms with van der Waals surface area (Å²) < 4.78 is 2.48. The predicted octanol–water partition coefficient (Wildman–Crippen LogP) is 16.1. The lowest BCUT2D eigenvalue weighted by molar-refractivity contribution is 1.19. The molecule has 0 bridgehead atoms. The van der Waals surface area contributed by atoms with Crippen LogP contribution in [-0.2, 0) is 0 Å². The lowest BCUT2D eigenvalue weighted by Gasteiger charge is -2.27. The first-order valence-corrected chi connectivity index (χ1v) is 20.6. The molecule has 11 rings (SSSR count). The van der Waals surface area contributed by atoms with Crippen LogP contribution in [0.4, 0.5) is 17.1 Å². The molecule has 0 unspecified atom stereocenters. The summed E-state index contributed by atoms with van der Waals surface area (Å²) in [5, 5.41) is 4.98. The molecule has 11 aromatic rings. The fourth-order valence-corrected chi connectivity index (χ4v) is 9.06. The Hall–Kier alpha value is -7.94. The number of aromatic nitrogens is 1. The molecule has 0 saturated carbocycles. The second-order valence-electron chi connectivity index (χ2n) is 15.3. The SMILES string of the molecule is c1ccc(-c2ccccc2-c2ccc(N(c3ccccc3)c3ccc(-c4ccccc4-n4c5ccccc5c5ccc6ccccc6c54)c(-c4ccccc4)c3)cc2)cc1. The minimum Gasteiger partial charge on any atom is -0.310 e. The van der Waals surface area contributed by atoms with Crippen LogP contribution in [0.1, 0.15) is 0 Å². The first-order chi connectivity index (χ1) is 29.8. The van der Waals surface area contributed by atoms with Crippen molar-refractivity contribution in [2.75, 3.05) is 4.90 Å². The van der Waals surface area contributed by atoms with Crippen molar-refractivity contribution in [1.82, 2.24) is 4.57 Å². The van der Waals surface area contributed by atoms with Gasteiger partial charge in [0.2, 0.25) is 0 Å². The van der Waals surface area contributed by atoms with Gasteiger partial charge in [-0.25, -0.2) is 0 Å². The highest BCUT2D eigenvalue weighted by Gasteiger charge is 2.21. The molecule has 0 amide bonds. The van der Waals surface area contributed by atoms with Gasteiger partial charge in [0, 0.05) is 38.8 Å². The third kappa shape index (κ3) is 6.14. The summed E-state index contributed by atoms with van der Waals surface area (Å²) in [4.78, 5) is 2.37. The van der Waals surface area contributed by atoms with Crippen LogP contribution in [0.15, 0.2) is 243 Å². The molecule has 1 heterocycles. The number of rotatable bonds is 8. The van der Waals surface area contributed by atoms with Gasteiger partial charge < -0.3 is 9.47 Å². The number of anilines is 3. The number of fused-ring (bicyclic) bond motifs is 5. The second-order valence-corrected chi connectivity index (χ2v) is 15.3. The maximum absolute atomic E-state index is 2.48. The van der Waals surface area contributed by atoms with Crippen molar-refractivity contribution in [3.63, 3.8) is 0 Å². The van der Waals surface area contributed by atoms with Crippen LogP contribution in [0.3, 0.4) is 0 Å². The highest BCUT2D eigenvalue weighted by atomic mass is 15.1. The molecular formula is C58H40N2. The van der Waals surface area contributed by atoms with E-state index in [1.807, 2.05) is 0 Å². The fourth-order valence-electron chi connectivity index (χ4n) is 9.06. The third-order valence-corrected chi connectivity index (χ3v) is 11.8. The number of benzene rings is 10. The average molecular weight is 765 g/mol. The summed E-state index contributed by atoms with van der Waals surface area (Å²) in [6.07, 6.45) is 0. The maximum atomic E-state index is 2.48. The number of hydrogen-bond donors (Lipinski definition) is 0. The first kappa shape index (κ1) is 35.2. The van der Waals surface area contributed by atoms with E-state index in [9.17, 15) is 0 Å². The number of nitrogens with zero attached hydrogens (tertiary/aromatic N) is 2. The van der Waals surface area contributed by atoms with Crippen molar-refractivity contribution in [2.24, 2.45) is 0 Å². The normalized spacial score (nSPS) is 11.3. The van der Waals surface area contributed by atoms with E-state index in [1.165, 1.54) is 71.5 Å². The van der Waals surface area contributed by atoms with Crippen LogP contribution in [0.2, 0.25) is 0 Å². The zero-order chi connectivity index (χ0) is 39.8. The molecule has 0 N–H and O–H groups in total. The van der Waals surface area contributed by atoms with Gasteiger partial charge in [-0.3, -0.25) is 0 Å². The predicted molar refractivity (Wildman–Crippen MR) is 255 cm³/mol. The fraction of sp³-hybridized carbons (Fsp3) is 0. The molecule has 0 spiro atoms. The molecule has 2 heteroatoms. The van der Waals surface area contributed by atoms with E-state index in [2.05, 4.69) is 252 Å². The quantitative estimate of drug-likeness (QED) is 0.150. The van der Waals surface area contributed by atoms with Crippen molar-refractivity contribution in [3.8, 4) is 50.2 Å². The van der Waals surface area contributed by atoms with Crippen LogP contribution in [0.5, 0.6) is 0 Å². The average Bonchev–Trinajstić information content (AvgIpc) is 3.67.